The van der Waals surface area contributed by atoms with Crippen LogP contribution >= 0.6 is 12.4 Å². The summed E-state index contributed by atoms with van der Waals surface area (Å²) in [5.74, 6) is 1.32. The van der Waals surface area contributed by atoms with Crippen LogP contribution in [0.5, 0.6) is 5.75 Å². The maximum atomic E-state index is 12.9. The summed E-state index contributed by atoms with van der Waals surface area (Å²) in [6.07, 6.45) is 5.50. The summed E-state index contributed by atoms with van der Waals surface area (Å²) in [5.41, 5.74) is 13.3. The molecule has 5 rings (SSSR count). The van der Waals surface area contributed by atoms with E-state index in [0.29, 0.717) is 17.9 Å². The molecule has 1 unspecified atom stereocenters. The second-order valence-electron chi connectivity index (χ2n) is 10.1. The van der Waals surface area contributed by atoms with Crippen LogP contribution in [0.3, 0.4) is 0 Å². The van der Waals surface area contributed by atoms with Crippen molar-refractivity contribution in [3.8, 4) is 5.75 Å². The Bertz CT molecular complexity index is 1490. The van der Waals surface area contributed by atoms with Gasteiger partial charge in [-0.1, -0.05) is 66.7 Å². The zero-order valence-corrected chi connectivity index (χ0v) is 23.9. The number of carbonyl (C=O) groups is 1. The van der Waals surface area contributed by atoms with Crippen LogP contribution in [-0.2, 0) is 6.42 Å². The van der Waals surface area contributed by atoms with E-state index < -0.39 is 6.09 Å². The predicted molar refractivity (Wildman–Crippen MR) is 165 cm³/mol. The largest absolute Gasteiger partial charge is 0.427 e. The second kappa shape index (κ2) is 13.9. The topological polar surface area (TPSA) is 123 Å². The minimum atomic E-state index is -0.514. The van der Waals surface area contributed by atoms with Gasteiger partial charge in [-0.15, -0.1) is 12.4 Å². The van der Waals surface area contributed by atoms with Crippen LogP contribution in [0.2, 0.25) is 0 Å². The summed E-state index contributed by atoms with van der Waals surface area (Å²) in [7, 11) is 0. The Hall–Kier alpha value is -4.18. The second-order valence-corrected chi connectivity index (χ2v) is 10.1. The third kappa shape index (κ3) is 8.17. The molecule has 1 saturated heterocycles. The van der Waals surface area contributed by atoms with Crippen LogP contribution in [0, 0.1) is 12.3 Å². The molecule has 2 heterocycles. The zero-order chi connectivity index (χ0) is 27.9. The molecule has 1 amide bonds. The first-order chi connectivity index (χ1) is 19.4. The third-order valence-electron chi connectivity index (χ3n) is 7.09. The average Bonchev–Trinajstić information content (AvgIpc) is 3.33. The van der Waals surface area contributed by atoms with Crippen LogP contribution in [0.1, 0.15) is 28.9 Å². The molecule has 1 atom stereocenters. The number of piperazine rings is 1. The Labute approximate surface area is 246 Å². The van der Waals surface area contributed by atoms with Crippen LogP contribution in [-0.4, -0.2) is 64.0 Å². The first-order valence-corrected chi connectivity index (χ1v) is 13.5. The number of nitrogens with two attached hydrogens (primary N) is 1. The van der Waals surface area contributed by atoms with E-state index in [0.717, 1.165) is 54.9 Å². The first kappa shape index (κ1) is 29.8. The number of aromatic amines is 1. The molecule has 0 bridgehead atoms. The molecule has 1 aliphatic heterocycles. The normalized spacial score (nSPS) is 16.0. The van der Waals surface area contributed by atoms with Crippen molar-refractivity contribution in [1.82, 2.24) is 25.3 Å². The number of aryl methyl sites for hydroxylation is 2. The van der Waals surface area contributed by atoms with Gasteiger partial charge in [0, 0.05) is 43.9 Å². The summed E-state index contributed by atoms with van der Waals surface area (Å²) >= 11 is 0. The van der Waals surface area contributed by atoms with Gasteiger partial charge in [0.05, 0.1) is 11.0 Å². The van der Waals surface area contributed by atoms with Gasteiger partial charge in [-0.05, 0) is 43.0 Å². The fourth-order valence-electron chi connectivity index (χ4n) is 4.99. The molecule has 0 spiro atoms. The molecular weight excluding hydrogens is 538 g/mol. The number of nitrogens with zero attached hydrogens (tertiary/aromatic N) is 3. The molecule has 41 heavy (non-hydrogen) atoms. The number of fused-ring (bicyclic) bond motifs is 1. The molecule has 4 aromatic rings. The zero-order valence-electron chi connectivity index (χ0n) is 23.0. The summed E-state index contributed by atoms with van der Waals surface area (Å²) in [6.45, 7) is 5.03. The number of hydrazine groups is 1. The van der Waals surface area contributed by atoms with E-state index in [-0.39, 0.29) is 24.3 Å². The predicted octanol–water partition coefficient (Wildman–Crippen LogP) is 4.91. The molecular formula is C31H36ClN7O2. The molecule has 0 radical (unpaired) electrons. The van der Waals surface area contributed by atoms with Crippen LogP contribution in [0.15, 0.2) is 78.9 Å². The van der Waals surface area contributed by atoms with E-state index in [1.807, 2.05) is 60.5 Å². The van der Waals surface area contributed by atoms with Crippen molar-refractivity contribution in [3.05, 3.63) is 101 Å². The van der Waals surface area contributed by atoms with Gasteiger partial charge in [-0.25, -0.2) is 14.8 Å². The standard InChI is InChI=1S/C31H35N7O2.ClH/c1-22-34-28-16-15-27(20-29(28)35-22)40-31(39)36-38-19-18-37(17-5-8-23-6-3-2-4-7-23)21-26(38)14-11-24-9-12-25(13-10-24)30(32)33;/h2-10,12-13,15-16,20,26H,11,14,17-19,21H2,1H3,(H3,32,33)(H,34,35)(H,36,39);1H. The Kier molecular flexibility index (Phi) is 10.1. The van der Waals surface area contributed by atoms with Crippen LogP contribution in [0.25, 0.3) is 17.1 Å². The van der Waals surface area contributed by atoms with Crippen molar-refractivity contribution in [2.75, 3.05) is 26.2 Å². The molecule has 1 fully saturated rings. The molecule has 0 aliphatic carbocycles. The number of imidazole rings is 1. The fourth-order valence-corrected chi connectivity index (χ4v) is 4.99. The van der Waals surface area contributed by atoms with Gasteiger partial charge < -0.3 is 15.5 Å². The molecule has 9 nitrogen and oxygen atoms in total. The summed E-state index contributed by atoms with van der Waals surface area (Å²) in [5, 5.41) is 9.62. The average molecular weight is 574 g/mol. The van der Waals surface area contributed by atoms with Gasteiger partial charge in [-0.2, -0.15) is 0 Å². The highest BCUT2D eigenvalue weighted by molar-refractivity contribution is 5.94. The minimum Gasteiger partial charge on any atom is -0.409 e. The highest BCUT2D eigenvalue weighted by atomic mass is 35.5. The van der Waals surface area contributed by atoms with Crippen molar-refractivity contribution in [1.29, 1.82) is 5.41 Å². The van der Waals surface area contributed by atoms with Gasteiger partial charge in [0.15, 0.2) is 0 Å². The number of ether oxygens (including phenoxy) is 1. The highest BCUT2D eigenvalue weighted by Gasteiger charge is 2.28. The van der Waals surface area contributed by atoms with Gasteiger partial charge >= 0.3 is 6.09 Å². The van der Waals surface area contributed by atoms with E-state index in [9.17, 15) is 4.79 Å². The van der Waals surface area contributed by atoms with Crippen molar-refractivity contribution in [2.45, 2.75) is 25.8 Å². The van der Waals surface area contributed by atoms with E-state index in [2.05, 4.69) is 44.6 Å². The molecule has 10 heteroatoms. The summed E-state index contributed by atoms with van der Waals surface area (Å²) in [6, 6.07) is 23.5. The van der Waals surface area contributed by atoms with Crippen molar-refractivity contribution >= 4 is 41.4 Å². The lowest BCUT2D eigenvalue weighted by Gasteiger charge is -2.40. The summed E-state index contributed by atoms with van der Waals surface area (Å²) < 4.78 is 5.62. The summed E-state index contributed by atoms with van der Waals surface area (Å²) in [4.78, 5) is 22.9. The number of nitrogen functional groups attached to an aromatic ring is 1. The maximum Gasteiger partial charge on any atom is 0.427 e. The van der Waals surface area contributed by atoms with Gasteiger partial charge in [0.2, 0.25) is 0 Å². The lowest BCUT2D eigenvalue weighted by Crippen LogP contribution is -2.59. The Morgan fingerprint density at radius 2 is 1.93 bits per heavy atom. The molecule has 3 aromatic carbocycles. The number of rotatable bonds is 9. The fraction of sp³-hybridized carbons (Fsp3) is 0.258. The maximum absolute atomic E-state index is 12.9. The Balaban J connectivity index is 0.00000387. The Morgan fingerprint density at radius 1 is 1.15 bits per heavy atom. The quantitative estimate of drug-likeness (QED) is 0.167. The number of benzene rings is 3. The molecule has 1 aliphatic rings. The number of amides is 1. The van der Waals surface area contributed by atoms with Crippen molar-refractivity contribution < 1.29 is 9.53 Å². The van der Waals surface area contributed by atoms with E-state index in [1.165, 1.54) is 5.56 Å². The van der Waals surface area contributed by atoms with E-state index in [4.69, 9.17) is 15.9 Å². The number of H-pyrrole nitrogens is 1. The molecule has 5 N–H and O–H groups in total. The number of carbonyl (C=O) groups excluding carboxylic acids is 1. The number of aromatic nitrogens is 2. The first-order valence-electron chi connectivity index (χ1n) is 13.5. The van der Waals surface area contributed by atoms with E-state index in [1.54, 1.807) is 12.1 Å². The number of amidine groups is 1. The number of halogens is 1. The number of nitrogens with one attached hydrogen (secondary N) is 3. The third-order valence-corrected chi connectivity index (χ3v) is 7.09. The number of hydrogen-bond acceptors (Lipinski definition) is 6. The van der Waals surface area contributed by atoms with Crippen LogP contribution in [0.4, 0.5) is 4.79 Å². The number of hydrogen-bond donors (Lipinski definition) is 4. The lowest BCUT2D eigenvalue weighted by molar-refractivity contribution is 0.0375. The minimum absolute atomic E-state index is 0. The SMILES string of the molecule is Cc1nc2cc(OC(=O)NN3CCN(CC=Cc4ccccc4)CC3CCc3ccc(C(=N)N)cc3)ccc2[nH]1.Cl. The van der Waals surface area contributed by atoms with Gasteiger partial charge in [0.25, 0.3) is 0 Å². The van der Waals surface area contributed by atoms with Crippen LogP contribution < -0.4 is 15.9 Å². The van der Waals surface area contributed by atoms with E-state index >= 15 is 0 Å². The van der Waals surface area contributed by atoms with Crippen molar-refractivity contribution in [2.24, 2.45) is 5.73 Å². The smallest absolute Gasteiger partial charge is 0.409 e. The molecule has 1 aromatic heterocycles. The Morgan fingerprint density at radius 3 is 2.68 bits per heavy atom. The lowest BCUT2D eigenvalue weighted by atomic mass is 10.0. The van der Waals surface area contributed by atoms with Gasteiger partial charge in [-0.3, -0.25) is 15.7 Å². The highest BCUT2D eigenvalue weighted by Crippen LogP contribution is 2.20. The van der Waals surface area contributed by atoms with Crippen molar-refractivity contribution in [3.63, 3.8) is 0 Å². The molecule has 214 valence electrons. The molecule has 0 saturated carbocycles. The monoisotopic (exact) mass is 573 g/mol. The van der Waals surface area contributed by atoms with Gasteiger partial charge in [0.1, 0.15) is 17.4 Å².